The Morgan fingerprint density at radius 2 is 1.72 bits per heavy atom. The zero-order chi connectivity index (χ0) is 23.3. The Hall–Kier alpha value is -3.82. The standard InChI is InChI=1S/C22H20F3N3O4/c1-13-10-20(28-21(26-13)14-4-6-15(7-5-14)22(23,24)25)32-12-19(29)27-17-9-8-16(30-2)11-18(17)31-3/h4-11H,12H2,1-3H3,(H,27,29). The molecule has 1 amide bonds. The van der Waals surface area contributed by atoms with Gasteiger partial charge in [-0.1, -0.05) is 12.1 Å². The number of aromatic nitrogens is 2. The highest BCUT2D eigenvalue weighted by molar-refractivity contribution is 5.93. The highest BCUT2D eigenvalue weighted by Crippen LogP contribution is 2.31. The highest BCUT2D eigenvalue weighted by Gasteiger charge is 2.30. The molecule has 0 unspecified atom stereocenters. The van der Waals surface area contributed by atoms with Gasteiger partial charge in [-0.2, -0.15) is 18.2 Å². The zero-order valence-corrected chi connectivity index (χ0v) is 17.5. The summed E-state index contributed by atoms with van der Waals surface area (Å²) >= 11 is 0. The van der Waals surface area contributed by atoms with Crippen LogP contribution in [0.1, 0.15) is 11.3 Å². The molecule has 0 saturated carbocycles. The van der Waals surface area contributed by atoms with Crippen molar-refractivity contribution < 1.29 is 32.2 Å². The maximum atomic E-state index is 12.8. The largest absolute Gasteiger partial charge is 0.497 e. The Labute approximate surface area is 182 Å². The van der Waals surface area contributed by atoms with Gasteiger partial charge in [-0.3, -0.25) is 4.79 Å². The summed E-state index contributed by atoms with van der Waals surface area (Å²) in [6.07, 6.45) is -4.43. The quantitative estimate of drug-likeness (QED) is 0.574. The third-order valence-electron chi connectivity index (χ3n) is 4.34. The maximum Gasteiger partial charge on any atom is 0.416 e. The molecule has 0 fully saturated rings. The minimum atomic E-state index is -4.43. The number of hydrogen-bond acceptors (Lipinski definition) is 6. The minimum absolute atomic E-state index is 0.115. The molecule has 3 aromatic rings. The number of nitrogens with one attached hydrogen (secondary N) is 1. The Balaban J connectivity index is 1.69. The van der Waals surface area contributed by atoms with E-state index in [4.69, 9.17) is 14.2 Å². The van der Waals surface area contributed by atoms with Crippen molar-refractivity contribution in [3.8, 4) is 28.8 Å². The van der Waals surface area contributed by atoms with E-state index in [1.807, 2.05) is 0 Å². The van der Waals surface area contributed by atoms with Crippen molar-refractivity contribution in [3.63, 3.8) is 0 Å². The second-order valence-electron chi connectivity index (χ2n) is 6.65. The molecule has 0 saturated heterocycles. The third-order valence-corrected chi connectivity index (χ3v) is 4.34. The molecule has 0 aliphatic carbocycles. The van der Waals surface area contributed by atoms with Crippen LogP contribution in [0.25, 0.3) is 11.4 Å². The minimum Gasteiger partial charge on any atom is -0.497 e. The lowest BCUT2D eigenvalue weighted by molar-refractivity contribution is -0.137. The first kappa shape index (κ1) is 22.9. The van der Waals surface area contributed by atoms with Gasteiger partial charge in [0.25, 0.3) is 5.91 Å². The fraction of sp³-hybridized carbons (Fsp3) is 0.227. The predicted octanol–water partition coefficient (Wildman–Crippen LogP) is 4.51. The summed E-state index contributed by atoms with van der Waals surface area (Å²) in [5.74, 6) is 0.833. The van der Waals surface area contributed by atoms with Crippen molar-refractivity contribution in [2.75, 3.05) is 26.1 Å². The summed E-state index contributed by atoms with van der Waals surface area (Å²) in [6, 6.07) is 10.9. The molecule has 7 nitrogen and oxygen atoms in total. The monoisotopic (exact) mass is 447 g/mol. The number of anilines is 1. The van der Waals surface area contributed by atoms with Crippen LogP contribution in [0, 0.1) is 6.92 Å². The summed E-state index contributed by atoms with van der Waals surface area (Å²) in [4.78, 5) is 20.7. The van der Waals surface area contributed by atoms with Crippen molar-refractivity contribution in [3.05, 3.63) is 59.8 Å². The molecule has 3 rings (SSSR count). The first-order valence-corrected chi connectivity index (χ1v) is 9.37. The fourth-order valence-electron chi connectivity index (χ4n) is 2.78. The molecule has 32 heavy (non-hydrogen) atoms. The molecule has 0 atom stereocenters. The number of benzene rings is 2. The molecule has 1 aromatic heterocycles. The van der Waals surface area contributed by atoms with Gasteiger partial charge in [0.2, 0.25) is 5.88 Å². The van der Waals surface area contributed by atoms with Crippen LogP contribution in [0.15, 0.2) is 48.5 Å². The van der Waals surface area contributed by atoms with Gasteiger partial charge >= 0.3 is 6.18 Å². The number of alkyl halides is 3. The van der Waals surface area contributed by atoms with E-state index in [-0.39, 0.29) is 18.3 Å². The molecule has 0 spiro atoms. The van der Waals surface area contributed by atoms with E-state index < -0.39 is 17.6 Å². The van der Waals surface area contributed by atoms with Crippen LogP contribution in [0.5, 0.6) is 17.4 Å². The van der Waals surface area contributed by atoms with Gasteiger partial charge in [-0.05, 0) is 31.2 Å². The number of nitrogens with zero attached hydrogens (tertiary/aromatic N) is 2. The second kappa shape index (κ2) is 9.54. The van der Waals surface area contributed by atoms with Gasteiger partial charge in [-0.25, -0.2) is 4.98 Å². The van der Waals surface area contributed by atoms with Gasteiger partial charge in [0.05, 0.1) is 25.5 Å². The molecule has 0 radical (unpaired) electrons. The molecular weight excluding hydrogens is 427 g/mol. The van der Waals surface area contributed by atoms with Gasteiger partial charge in [0.1, 0.15) is 11.5 Å². The topological polar surface area (TPSA) is 82.6 Å². The van der Waals surface area contributed by atoms with Crippen LogP contribution in [-0.4, -0.2) is 36.7 Å². The lowest BCUT2D eigenvalue weighted by Gasteiger charge is -2.12. The number of amides is 1. The molecule has 0 bridgehead atoms. The number of carbonyl (C=O) groups is 1. The second-order valence-corrected chi connectivity index (χ2v) is 6.65. The van der Waals surface area contributed by atoms with Gasteiger partial charge in [-0.15, -0.1) is 0 Å². The molecule has 0 aliphatic rings. The van der Waals surface area contributed by atoms with E-state index >= 15 is 0 Å². The normalized spacial score (nSPS) is 11.1. The molecule has 168 valence electrons. The van der Waals surface area contributed by atoms with Crippen LogP contribution in [0.2, 0.25) is 0 Å². The zero-order valence-electron chi connectivity index (χ0n) is 17.5. The molecule has 0 aliphatic heterocycles. The smallest absolute Gasteiger partial charge is 0.416 e. The Morgan fingerprint density at radius 1 is 1.00 bits per heavy atom. The average molecular weight is 447 g/mol. The Bertz CT molecular complexity index is 1100. The van der Waals surface area contributed by atoms with Crippen molar-refractivity contribution in [2.45, 2.75) is 13.1 Å². The summed E-state index contributed by atoms with van der Waals surface area (Å²) in [6.45, 7) is 1.34. The van der Waals surface area contributed by atoms with Crippen molar-refractivity contribution in [1.29, 1.82) is 0 Å². The van der Waals surface area contributed by atoms with E-state index in [2.05, 4.69) is 15.3 Å². The van der Waals surface area contributed by atoms with Crippen LogP contribution in [0.4, 0.5) is 18.9 Å². The fourth-order valence-corrected chi connectivity index (χ4v) is 2.78. The van der Waals surface area contributed by atoms with Crippen molar-refractivity contribution >= 4 is 11.6 Å². The molecular formula is C22H20F3N3O4. The van der Waals surface area contributed by atoms with Gasteiger partial charge in [0.15, 0.2) is 12.4 Å². The van der Waals surface area contributed by atoms with Crippen molar-refractivity contribution in [1.82, 2.24) is 9.97 Å². The summed E-state index contributed by atoms with van der Waals surface area (Å²) in [7, 11) is 2.98. The SMILES string of the molecule is COc1ccc(NC(=O)COc2cc(C)nc(-c3ccc(C(F)(F)F)cc3)n2)c(OC)c1. The van der Waals surface area contributed by atoms with E-state index in [9.17, 15) is 18.0 Å². The van der Waals surface area contributed by atoms with Crippen LogP contribution >= 0.6 is 0 Å². The summed E-state index contributed by atoms with van der Waals surface area (Å²) in [5, 5.41) is 2.67. The van der Waals surface area contributed by atoms with Crippen LogP contribution < -0.4 is 19.5 Å². The number of aryl methyl sites for hydroxylation is 1. The highest BCUT2D eigenvalue weighted by atomic mass is 19.4. The lowest BCUT2D eigenvalue weighted by atomic mass is 10.1. The first-order valence-electron chi connectivity index (χ1n) is 9.37. The number of halogens is 3. The number of hydrogen-bond donors (Lipinski definition) is 1. The van der Waals surface area contributed by atoms with Gasteiger partial charge in [0, 0.05) is 23.4 Å². The number of methoxy groups -OCH3 is 2. The number of ether oxygens (including phenoxy) is 3. The van der Waals surface area contributed by atoms with E-state index in [0.29, 0.717) is 28.4 Å². The van der Waals surface area contributed by atoms with Crippen molar-refractivity contribution in [2.24, 2.45) is 0 Å². The molecule has 2 aromatic carbocycles. The lowest BCUT2D eigenvalue weighted by Crippen LogP contribution is -2.21. The third kappa shape index (κ3) is 5.65. The average Bonchev–Trinajstić information content (AvgIpc) is 2.77. The van der Waals surface area contributed by atoms with Gasteiger partial charge < -0.3 is 19.5 Å². The predicted molar refractivity (Wildman–Crippen MR) is 111 cm³/mol. The van der Waals surface area contributed by atoms with E-state index in [1.54, 1.807) is 25.1 Å². The first-order chi connectivity index (χ1) is 15.2. The van der Waals surface area contributed by atoms with E-state index in [1.165, 1.54) is 32.4 Å². The summed E-state index contributed by atoms with van der Waals surface area (Å²) < 4.78 is 54.1. The van der Waals surface area contributed by atoms with E-state index in [0.717, 1.165) is 12.1 Å². The molecule has 1 heterocycles. The molecule has 10 heteroatoms. The van der Waals surface area contributed by atoms with Crippen LogP contribution in [-0.2, 0) is 11.0 Å². The number of carbonyl (C=O) groups excluding carboxylic acids is 1. The summed E-state index contributed by atoms with van der Waals surface area (Å²) in [5.41, 5.74) is 0.586. The molecule has 1 N–H and O–H groups in total. The van der Waals surface area contributed by atoms with Crippen LogP contribution in [0.3, 0.4) is 0 Å². The Morgan fingerprint density at radius 3 is 2.34 bits per heavy atom. The Kier molecular flexibility index (Phi) is 6.82. The number of rotatable bonds is 7. The maximum absolute atomic E-state index is 12.8.